The molecule has 2 N–H and O–H groups in total. The van der Waals surface area contributed by atoms with Crippen LogP contribution in [0.15, 0.2) is 54.6 Å². The van der Waals surface area contributed by atoms with E-state index in [1.165, 1.54) is 0 Å². The number of rotatable bonds is 2. The molecule has 0 fully saturated rings. The maximum Gasteiger partial charge on any atom is 0.258 e. The summed E-state index contributed by atoms with van der Waals surface area (Å²) in [5.74, 6) is 5.67. The average Bonchev–Trinajstić information content (AvgIpc) is 2.53. The Kier molecular flexibility index (Phi) is 4.54. The maximum absolute atomic E-state index is 12.3. The van der Waals surface area contributed by atoms with E-state index in [9.17, 15) is 4.79 Å². The van der Waals surface area contributed by atoms with E-state index in [4.69, 9.17) is 5.73 Å². The quantitative estimate of drug-likeness (QED) is 0.846. The SMILES string of the molecule is CN(C(=O)c1ccc(C#CCN)cc1)c1ccccc1. The van der Waals surface area contributed by atoms with Gasteiger partial charge in [-0.3, -0.25) is 4.79 Å². The van der Waals surface area contributed by atoms with E-state index in [2.05, 4.69) is 11.8 Å². The highest BCUT2D eigenvalue weighted by molar-refractivity contribution is 6.05. The molecule has 1 amide bonds. The highest BCUT2D eigenvalue weighted by Gasteiger charge is 2.12. The van der Waals surface area contributed by atoms with Crippen LogP contribution in [0, 0.1) is 11.8 Å². The third-order valence-corrected chi connectivity index (χ3v) is 2.91. The van der Waals surface area contributed by atoms with Crippen molar-refractivity contribution < 1.29 is 4.79 Å². The molecule has 0 radical (unpaired) electrons. The third kappa shape index (κ3) is 3.25. The summed E-state index contributed by atoms with van der Waals surface area (Å²) in [5, 5.41) is 0. The molecule has 0 spiro atoms. The number of anilines is 1. The van der Waals surface area contributed by atoms with Gasteiger partial charge in [-0.05, 0) is 36.4 Å². The van der Waals surface area contributed by atoms with Crippen molar-refractivity contribution in [3.05, 3.63) is 65.7 Å². The molecule has 0 unspecified atom stereocenters. The highest BCUT2D eigenvalue weighted by Crippen LogP contribution is 2.15. The van der Waals surface area contributed by atoms with Crippen LogP contribution < -0.4 is 10.6 Å². The zero-order valence-corrected chi connectivity index (χ0v) is 11.3. The first-order valence-electron chi connectivity index (χ1n) is 6.34. The predicted octanol–water partition coefficient (Wildman–Crippen LogP) is 2.27. The molecule has 2 aromatic rings. The molecule has 0 aliphatic rings. The smallest absolute Gasteiger partial charge is 0.258 e. The summed E-state index contributed by atoms with van der Waals surface area (Å²) in [7, 11) is 1.76. The second-order valence-electron chi connectivity index (χ2n) is 4.28. The largest absolute Gasteiger partial charge is 0.320 e. The number of carbonyl (C=O) groups excluding carboxylic acids is 1. The van der Waals surface area contributed by atoms with E-state index in [-0.39, 0.29) is 5.91 Å². The molecule has 3 nitrogen and oxygen atoms in total. The standard InChI is InChI=1S/C17H16N2O/c1-19(16-7-3-2-4-8-16)17(20)15-11-9-14(10-12-15)6-5-13-18/h2-4,7-12H,13,18H2,1H3. The molecule has 0 aliphatic heterocycles. The summed E-state index contributed by atoms with van der Waals surface area (Å²) >= 11 is 0. The van der Waals surface area contributed by atoms with E-state index in [0.29, 0.717) is 12.1 Å². The maximum atomic E-state index is 12.3. The summed E-state index contributed by atoms with van der Waals surface area (Å²) < 4.78 is 0. The molecule has 0 aromatic heterocycles. The van der Waals surface area contributed by atoms with Gasteiger partial charge in [-0.1, -0.05) is 30.0 Å². The number of nitrogens with two attached hydrogens (primary N) is 1. The van der Waals surface area contributed by atoms with Gasteiger partial charge in [-0.15, -0.1) is 0 Å². The van der Waals surface area contributed by atoms with Gasteiger partial charge in [0.2, 0.25) is 0 Å². The minimum Gasteiger partial charge on any atom is -0.320 e. The van der Waals surface area contributed by atoms with Gasteiger partial charge in [-0.25, -0.2) is 0 Å². The van der Waals surface area contributed by atoms with Crippen LogP contribution >= 0.6 is 0 Å². The number of hydrogen-bond acceptors (Lipinski definition) is 2. The van der Waals surface area contributed by atoms with Crippen molar-refractivity contribution in [3.8, 4) is 11.8 Å². The Bertz CT molecular complexity index is 636. The number of benzene rings is 2. The lowest BCUT2D eigenvalue weighted by molar-refractivity contribution is 0.0993. The fraction of sp³-hybridized carbons (Fsp3) is 0.118. The van der Waals surface area contributed by atoms with E-state index >= 15 is 0 Å². The lowest BCUT2D eigenvalue weighted by atomic mass is 10.1. The van der Waals surface area contributed by atoms with Crippen LogP contribution in [0.2, 0.25) is 0 Å². The summed E-state index contributed by atoms with van der Waals surface area (Å²) in [6, 6.07) is 16.8. The fourth-order valence-corrected chi connectivity index (χ4v) is 1.81. The summed E-state index contributed by atoms with van der Waals surface area (Å²) in [6.45, 7) is 0.331. The number of amides is 1. The van der Waals surface area contributed by atoms with E-state index in [1.54, 1.807) is 24.1 Å². The van der Waals surface area contributed by atoms with Crippen LogP contribution in [0.5, 0.6) is 0 Å². The van der Waals surface area contributed by atoms with Crippen molar-refractivity contribution in [2.24, 2.45) is 5.73 Å². The Morgan fingerprint density at radius 1 is 1.10 bits per heavy atom. The van der Waals surface area contributed by atoms with Crippen molar-refractivity contribution >= 4 is 11.6 Å². The zero-order chi connectivity index (χ0) is 14.4. The van der Waals surface area contributed by atoms with E-state index in [1.807, 2.05) is 42.5 Å². The van der Waals surface area contributed by atoms with Crippen LogP contribution in [0.1, 0.15) is 15.9 Å². The van der Waals surface area contributed by atoms with Crippen molar-refractivity contribution in [1.29, 1.82) is 0 Å². The first kappa shape index (κ1) is 13.9. The lowest BCUT2D eigenvalue weighted by Gasteiger charge is -2.17. The van der Waals surface area contributed by atoms with Gasteiger partial charge in [0.15, 0.2) is 0 Å². The zero-order valence-electron chi connectivity index (χ0n) is 11.3. The number of nitrogens with zero attached hydrogens (tertiary/aromatic N) is 1. The van der Waals surface area contributed by atoms with E-state index in [0.717, 1.165) is 11.3 Å². The molecule has 20 heavy (non-hydrogen) atoms. The fourth-order valence-electron chi connectivity index (χ4n) is 1.81. The molecule has 2 rings (SSSR count). The van der Waals surface area contributed by atoms with Gasteiger partial charge in [-0.2, -0.15) is 0 Å². The molecule has 0 saturated carbocycles. The third-order valence-electron chi connectivity index (χ3n) is 2.91. The topological polar surface area (TPSA) is 46.3 Å². The Morgan fingerprint density at radius 3 is 2.35 bits per heavy atom. The van der Waals surface area contributed by atoms with Crippen LogP contribution in [0.25, 0.3) is 0 Å². The second kappa shape index (κ2) is 6.55. The molecular weight excluding hydrogens is 248 g/mol. The van der Waals surface area contributed by atoms with Gasteiger partial charge >= 0.3 is 0 Å². The van der Waals surface area contributed by atoms with Crippen LogP contribution in [0.3, 0.4) is 0 Å². The Balaban J connectivity index is 2.17. The highest BCUT2D eigenvalue weighted by atomic mass is 16.2. The van der Waals surface area contributed by atoms with Crippen LogP contribution in [-0.4, -0.2) is 19.5 Å². The average molecular weight is 264 g/mol. The van der Waals surface area contributed by atoms with Crippen molar-refractivity contribution in [2.45, 2.75) is 0 Å². The number of carbonyl (C=O) groups is 1. The van der Waals surface area contributed by atoms with Gasteiger partial charge in [0.05, 0.1) is 6.54 Å². The Hall–Kier alpha value is -2.57. The molecule has 3 heteroatoms. The van der Waals surface area contributed by atoms with Crippen molar-refractivity contribution in [1.82, 2.24) is 0 Å². The van der Waals surface area contributed by atoms with Gasteiger partial charge in [0, 0.05) is 23.9 Å². The molecule has 0 saturated heterocycles. The summed E-state index contributed by atoms with van der Waals surface area (Å²) in [4.78, 5) is 14.0. The van der Waals surface area contributed by atoms with Gasteiger partial charge in [0.25, 0.3) is 5.91 Å². The number of para-hydroxylation sites is 1. The molecule has 2 aromatic carbocycles. The lowest BCUT2D eigenvalue weighted by Crippen LogP contribution is -2.26. The Labute approximate surface area is 119 Å². The summed E-state index contributed by atoms with van der Waals surface area (Å²) in [5.41, 5.74) is 7.68. The molecular formula is C17H16N2O. The van der Waals surface area contributed by atoms with Crippen LogP contribution in [-0.2, 0) is 0 Å². The van der Waals surface area contributed by atoms with E-state index < -0.39 is 0 Å². The Morgan fingerprint density at radius 2 is 1.75 bits per heavy atom. The van der Waals surface area contributed by atoms with Gasteiger partial charge in [0.1, 0.15) is 0 Å². The second-order valence-corrected chi connectivity index (χ2v) is 4.28. The molecule has 100 valence electrons. The van der Waals surface area contributed by atoms with Crippen molar-refractivity contribution in [2.75, 3.05) is 18.5 Å². The normalized spacial score (nSPS) is 9.50. The summed E-state index contributed by atoms with van der Waals surface area (Å²) in [6.07, 6.45) is 0. The minimum absolute atomic E-state index is 0.0467. The first-order valence-corrected chi connectivity index (χ1v) is 6.34. The van der Waals surface area contributed by atoms with Crippen molar-refractivity contribution in [3.63, 3.8) is 0 Å². The monoisotopic (exact) mass is 264 g/mol. The predicted molar refractivity (Wildman–Crippen MR) is 81.5 cm³/mol. The van der Waals surface area contributed by atoms with Gasteiger partial charge < -0.3 is 10.6 Å². The molecule has 0 atom stereocenters. The van der Waals surface area contributed by atoms with Crippen LogP contribution in [0.4, 0.5) is 5.69 Å². The molecule has 0 heterocycles. The number of hydrogen-bond donors (Lipinski definition) is 1. The molecule has 0 bridgehead atoms. The molecule has 0 aliphatic carbocycles. The first-order chi connectivity index (χ1) is 9.72. The minimum atomic E-state index is -0.0467.